The number of phenolic OH excluding ortho intramolecular Hbond substituents is 1. The van der Waals surface area contributed by atoms with Gasteiger partial charge in [0.25, 0.3) is 0 Å². The van der Waals surface area contributed by atoms with Crippen LogP contribution in [0.2, 0.25) is 5.02 Å². The van der Waals surface area contributed by atoms with Gasteiger partial charge in [-0.1, -0.05) is 23.7 Å². The highest BCUT2D eigenvalue weighted by Crippen LogP contribution is 2.37. The summed E-state index contributed by atoms with van der Waals surface area (Å²) in [6.07, 6.45) is 0. The maximum Gasteiger partial charge on any atom is 0.161 e. The summed E-state index contributed by atoms with van der Waals surface area (Å²) in [6, 6.07) is 10.8. The summed E-state index contributed by atoms with van der Waals surface area (Å²) >= 11 is 6.15. The van der Waals surface area contributed by atoms with Crippen LogP contribution in [-0.4, -0.2) is 22.2 Å². The molecule has 0 radical (unpaired) electrons. The van der Waals surface area contributed by atoms with E-state index in [1.54, 1.807) is 6.07 Å². The Morgan fingerprint density at radius 2 is 2.05 bits per heavy atom. The standard InChI is InChI=1S/C14H11ClN2O2/c1-19-13-6-8(9(15)7-12(13)18)14-16-10-4-2-3-5-11(10)17-14/h2-7,18H,1H3,(H,16,17). The summed E-state index contributed by atoms with van der Waals surface area (Å²) in [4.78, 5) is 7.66. The molecule has 4 nitrogen and oxygen atoms in total. The van der Waals surface area contributed by atoms with Crippen molar-refractivity contribution in [2.75, 3.05) is 7.11 Å². The van der Waals surface area contributed by atoms with E-state index in [1.165, 1.54) is 13.2 Å². The Balaban J connectivity index is 2.20. The van der Waals surface area contributed by atoms with E-state index >= 15 is 0 Å². The van der Waals surface area contributed by atoms with Gasteiger partial charge >= 0.3 is 0 Å². The van der Waals surface area contributed by atoms with Gasteiger partial charge in [0, 0.05) is 11.6 Å². The molecular weight excluding hydrogens is 264 g/mol. The fourth-order valence-electron chi connectivity index (χ4n) is 1.97. The number of aromatic nitrogens is 2. The molecule has 0 bridgehead atoms. The first kappa shape index (κ1) is 11.9. The van der Waals surface area contributed by atoms with Gasteiger partial charge in [-0.2, -0.15) is 0 Å². The molecule has 0 fully saturated rings. The number of nitrogens with zero attached hydrogens (tertiary/aromatic N) is 1. The monoisotopic (exact) mass is 274 g/mol. The molecule has 0 saturated carbocycles. The van der Waals surface area contributed by atoms with Crippen molar-refractivity contribution < 1.29 is 9.84 Å². The first-order valence-electron chi connectivity index (χ1n) is 5.70. The molecule has 0 aliphatic heterocycles. The van der Waals surface area contributed by atoms with Crippen LogP contribution >= 0.6 is 11.6 Å². The van der Waals surface area contributed by atoms with Crippen molar-refractivity contribution in [2.45, 2.75) is 0 Å². The third kappa shape index (κ3) is 2.00. The molecule has 0 aliphatic carbocycles. The smallest absolute Gasteiger partial charge is 0.161 e. The molecule has 1 heterocycles. The number of H-pyrrole nitrogens is 1. The molecule has 96 valence electrons. The highest BCUT2D eigenvalue weighted by Gasteiger charge is 2.13. The highest BCUT2D eigenvalue weighted by atomic mass is 35.5. The quantitative estimate of drug-likeness (QED) is 0.751. The van der Waals surface area contributed by atoms with Gasteiger partial charge in [0.2, 0.25) is 0 Å². The van der Waals surface area contributed by atoms with Crippen LogP contribution in [-0.2, 0) is 0 Å². The number of aromatic amines is 1. The number of hydrogen-bond acceptors (Lipinski definition) is 3. The van der Waals surface area contributed by atoms with Gasteiger partial charge in [0.15, 0.2) is 11.5 Å². The van der Waals surface area contributed by atoms with Crippen LogP contribution < -0.4 is 4.74 Å². The number of nitrogens with one attached hydrogen (secondary N) is 1. The number of benzene rings is 2. The summed E-state index contributed by atoms with van der Waals surface area (Å²) in [5.74, 6) is 1.01. The number of fused-ring (bicyclic) bond motifs is 1. The Morgan fingerprint density at radius 1 is 1.26 bits per heavy atom. The van der Waals surface area contributed by atoms with Crippen LogP contribution in [0.4, 0.5) is 0 Å². The number of rotatable bonds is 2. The van der Waals surface area contributed by atoms with Gasteiger partial charge in [-0.05, 0) is 18.2 Å². The number of ether oxygens (including phenoxy) is 1. The van der Waals surface area contributed by atoms with E-state index in [1.807, 2.05) is 24.3 Å². The average Bonchev–Trinajstić information content (AvgIpc) is 2.82. The normalized spacial score (nSPS) is 10.8. The van der Waals surface area contributed by atoms with Crippen LogP contribution in [0, 0.1) is 0 Å². The highest BCUT2D eigenvalue weighted by molar-refractivity contribution is 6.33. The fourth-order valence-corrected chi connectivity index (χ4v) is 2.22. The van der Waals surface area contributed by atoms with E-state index < -0.39 is 0 Å². The Kier molecular flexibility index (Phi) is 2.80. The van der Waals surface area contributed by atoms with Crippen molar-refractivity contribution in [1.29, 1.82) is 0 Å². The van der Waals surface area contributed by atoms with E-state index in [4.69, 9.17) is 16.3 Å². The zero-order chi connectivity index (χ0) is 13.4. The number of para-hydroxylation sites is 2. The van der Waals surface area contributed by atoms with Gasteiger partial charge in [0.1, 0.15) is 5.82 Å². The lowest BCUT2D eigenvalue weighted by atomic mass is 10.2. The molecule has 0 amide bonds. The van der Waals surface area contributed by atoms with Crippen LogP contribution in [0.1, 0.15) is 0 Å². The van der Waals surface area contributed by atoms with Gasteiger partial charge in [-0.15, -0.1) is 0 Å². The van der Waals surface area contributed by atoms with Crippen molar-refractivity contribution in [2.24, 2.45) is 0 Å². The average molecular weight is 275 g/mol. The van der Waals surface area contributed by atoms with Crippen molar-refractivity contribution in [3.05, 3.63) is 41.4 Å². The number of halogens is 1. The summed E-state index contributed by atoms with van der Waals surface area (Å²) < 4.78 is 5.09. The van der Waals surface area contributed by atoms with E-state index in [2.05, 4.69) is 9.97 Å². The molecule has 0 aliphatic rings. The van der Waals surface area contributed by atoms with Gasteiger partial charge in [-0.25, -0.2) is 4.98 Å². The molecule has 0 spiro atoms. The van der Waals surface area contributed by atoms with Crippen molar-refractivity contribution in [3.8, 4) is 22.9 Å². The van der Waals surface area contributed by atoms with E-state index in [9.17, 15) is 5.11 Å². The molecular formula is C14H11ClN2O2. The largest absolute Gasteiger partial charge is 0.504 e. The first-order valence-corrected chi connectivity index (χ1v) is 6.08. The predicted molar refractivity (Wildman–Crippen MR) is 74.8 cm³/mol. The lowest BCUT2D eigenvalue weighted by Crippen LogP contribution is -1.88. The summed E-state index contributed by atoms with van der Waals surface area (Å²) in [5, 5.41) is 10.1. The molecule has 0 saturated heterocycles. The Hall–Kier alpha value is -2.20. The van der Waals surface area contributed by atoms with Crippen LogP contribution in [0.25, 0.3) is 22.4 Å². The fraction of sp³-hybridized carbons (Fsp3) is 0.0714. The lowest BCUT2D eigenvalue weighted by Gasteiger charge is -2.07. The van der Waals surface area contributed by atoms with Crippen molar-refractivity contribution in [3.63, 3.8) is 0 Å². The minimum absolute atomic E-state index is 0.00682. The van der Waals surface area contributed by atoms with E-state index in [0.717, 1.165) is 11.0 Å². The number of imidazole rings is 1. The second-order valence-electron chi connectivity index (χ2n) is 4.11. The maximum absolute atomic E-state index is 9.66. The second-order valence-corrected chi connectivity index (χ2v) is 4.51. The number of phenols is 1. The van der Waals surface area contributed by atoms with Crippen LogP contribution in [0.15, 0.2) is 36.4 Å². The molecule has 0 unspecified atom stereocenters. The van der Waals surface area contributed by atoms with Crippen molar-refractivity contribution in [1.82, 2.24) is 9.97 Å². The van der Waals surface area contributed by atoms with E-state index in [0.29, 0.717) is 22.2 Å². The third-order valence-electron chi connectivity index (χ3n) is 2.91. The van der Waals surface area contributed by atoms with Crippen LogP contribution in [0.3, 0.4) is 0 Å². The summed E-state index contributed by atoms with van der Waals surface area (Å²) in [6.45, 7) is 0. The van der Waals surface area contributed by atoms with E-state index in [-0.39, 0.29) is 5.75 Å². The first-order chi connectivity index (χ1) is 9.19. The number of hydrogen-bond donors (Lipinski definition) is 2. The molecule has 3 aromatic rings. The zero-order valence-electron chi connectivity index (χ0n) is 10.1. The molecule has 3 rings (SSSR count). The topological polar surface area (TPSA) is 58.1 Å². The van der Waals surface area contributed by atoms with Gasteiger partial charge in [0.05, 0.1) is 23.2 Å². The molecule has 2 N–H and O–H groups in total. The predicted octanol–water partition coefficient (Wildman–Crippen LogP) is 3.60. The Labute approximate surface area is 114 Å². The second kappa shape index (κ2) is 4.48. The summed E-state index contributed by atoms with van der Waals surface area (Å²) in [7, 11) is 1.49. The Morgan fingerprint density at radius 3 is 2.79 bits per heavy atom. The molecule has 1 aromatic heterocycles. The minimum Gasteiger partial charge on any atom is -0.504 e. The SMILES string of the molecule is COc1cc(-c2nc3ccccc3[nH]2)c(Cl)cc1O. The van der Waals surface area contributed by atoms with Gasteiger partial charge in [-0.3, -0.25) is 0 Å². The third-order valence-corrected chi connectivity index (χ3v) is 3.23. The van der Waals surface area contributed by atoms with Gasteiger partial charge < -0.3 is 14.8 Å². The minimum atomic E-state index is 0.00682. The summed E-state index contributed by atoms with van der Waals surface area (Å²) in [5.41, 5.74) is 2.48. The zero-order valence-corrected chi connectivity index (χ0v) is 10.9. The Bertz CT molecular complexity index is 719. The molecule has 0 atom stereocenters. The maximum atomic E-state index is 9.66. The van der Waals surface area contributed by atoms with Crippen LogP contribution in [0.5, 0.6) is 11.5 Å². The molecule has 19 heavy (non-hydrogen) atoms. The lowest BCUT2D eigenvalue weighted by molar-refractivity contribution is 0.373. The number of aromatic hydroxyl groups is 1. The molecule has 5 heteroatoms. The van der Waals surface area contributed by atoms with Crippen molar-refractivity contribution >= 4 is 22.6 Å². The number of methoxy groups -OCH3 is 1. The molecule has 2 aromatic carbocycles.